The molecule has 6 nitrogen and oxygen atoms in total. The van der Waals surface area contributed by atoms with Crippen LogP contribution in [0.15, 0.2) is 30.3 Å². The van der Waals surface area contributed by atoms with Gasteiger partial charge in [-0.1, -0.05) is 43.2 Å². The Morgan fingerprint density at radius 1 is 1.16 bits per heavy atom. The molecule has 0 bridgehead atoms. The molecule has 2 aliphatic rings. The second-order valence-corrected chi connectivity index (χ2v) is 7.07. The lowest BCUT2D eigenvalue weighted by Crippen LogP contribution is -2.49. The number of nitrogens with zero attached hydrogens (tertiary/aromatic N) is 1. The fourth-order valence-electron chi connectivity index (χ4n) is 3.85. The first-order chi connectivity index (χ1) is 12.0. The van der Waals surface area contributed by atoms with Crippen LogP contribution in [0.25, 0.3) is 0 Å². The molecule has 2 fully saturated rings. The third-order valence-corrected chi connectivity index (χ3v) is 5.26. The summed E-state index contributed by atoms with van der Waals surface area (Å²) in [6.45, 7) is 0.949. The van der Waals surface area contributed by atoms with Crippen LogP contribution in [0.3, 0.4) is 0 Å². The molecule has 3 N–H and O–H groups in total. The molecule has 1 aromatic carbocycles. The number of likely N-dealkylation sites (tertiary alicyclic amines) is 1. The van der Waals surface area contributed by atoms with Crippen molar-refractivity contribution in [2.45, 2.75) is 44.7 Å². The number of carbonyl (C=O) groups excluding carboxylic acids is 3. The Balaban J connectivity index is 1.58. The van der Waals surface area contributed by atoms with Gasteiger partial charge >= 0.3 is 0 Å². The quantitative estimate of drug-likeness (QED) is 0.841. The molecule has 3 amide bonds. The molecular weight excluding hydrogens is 318 g/mol. The Morgan fingerprint density at radius 3 is 2.60 bits per heavy atom. The summed E-state index contributed by atoms with van der Waals surface area (Å²) in [5.74, 6) is -1.14. The number of nitrogens with one attached hydrogen (secondary N) is 1. The summed E-state index contributed by atoms with van der Waals surface area (Å²) in [4.78, 5) is 38.1. The smallest absolute Gasteiger partial charge is 0.225 e. The van der Waals surface area contributed by atoms with Crippen LogP contribution in [-0.2, 0) is 20.9 Å². The van der Waals surface area contributed by atoms with Gasteiger partial charge in [-0.3, -0.25) is 14.4 Å². The molecule has 25 heavy (non-hydrogen) atoms. The minimum absolute atomic E-state index is 0.000835. The van der Waals surface area contributed by atoms with E-state index in [0.29, 0.717) is 13.1 Å². The molecule has 0 spiro atoms. The predicted molar refractivity (Wildman–Crippen MR) is 93.0 cm³/mol. The van der Waals surface area contributed by atoms with Crippen LogP contribution in [0.2, 0.25) is 0 Å². The maximum Gasteiger partial charge on any atom is 0.225 e. The molecule has 1 saturated heterocycles. The van der Waals surface area contributed by atoms with E-state index < -0.39 is 0 Å². The number of amides is 3. The van der Waals surface area contributed by atoms with Crippen molar-refractivity contribution in [3.63, 3.8) is 0 Å². The molecule has 134 valence electrons. The molecule has 0 aromatic heterocycles. The monoisotopic (exact) mass is 343 g/mol. The molecule has 6 heteroatoms. The first-order valence-electron chi connectivity index (χ1n) is 8.96. The number of nitrogens with two attached hydrogens (primary N) is 1. The molecule has 1 heterocycles. The van der Waals surface area contributed by atoms with Crippen LogP contribution in [0.5, 0.6) is 0 Å². The molecule has 0 radical (unpaired) electrons. The van der Waals surface area contributed by atoms with Crippen LogP contribution in [-0.4, -0.2) is 35.2 Å². The number of hydrogen-bond donors (Lipinski definition) is 2. The lowest BCUT2D eigenvalue weighted by atomic mass is 9.83. The number of primary amides is 1. The van der Waals surface area contributed by atoms with Crippen molar-refractivity contribution in [3.05, 3.63) is 35.9 Å². The van der Waals surface area contributed by atoms with Crippen LogP contribution in [0, 0.1) is 11.8 Å². The highest BCUT2D eigenvalue weighted by Gasteiger charge is 2.37. The lowest BCUT2D eigenvalue weighted by Gasteiger charge is -2.30. The van der Waals surface area contributed by atoms with Crippen LogP contribution in [0.1, 0.15) is 37.7 Å². The second kappa shape index (κ2) is 7.68. The summed E-state index contributed by atoms with van der Waals surface area (Å²) >= 11 is 0. The third kappa shape index (κ3) is 4.18. The fourth-order valence-corrected chi connectivity index (χ4v) is 3.85. The molecule has 1 saturated carbocycles. The molecule has 1 aliphatic heterocycles. The highest BCUT2D eigenvalue weighted by Crippen LogP contribution is 2.26. The van der Waals surface area contributed by atoms with Gasteiger partial charge in [-0.25, -0.2) is 0 Å². The standard InChI is InChI=1S/C19H25N3O3/c20-18(24)15-8-4-5-9-16(15)21-19(25)14-10-17(23)22(12-14)11-13-6-2-1-3-7-13/h1-3,6-7,14-16H,4-5,8-12H2,(H2,20,24)(H,21,25). The number of carbonyl (C=O) groups is 3. The predicted octanol–water partition coefficient (Wildman–Crippen LogP) is 1.20. The van der Waals surface area contributed by atoms with E-state index in [0.717, 1.165) is 31.2 Å². The van der Waals surface area contributed by atoms with Crippen molar-refractivity contribution in [2.24, 2.45) is 17.6 Å². The highest BCUT2D eigenvalue weighted by atomic mass is 16.2. The van der Waals surface area contributed by atoms with E-state index in [4.69, 9.17) is 5.73 Å². The molecule has 1 aliphatic carbocycles. The van der Waals surface area contributed by atoms with E-state index in [-0.39, 0.29) is 42.0 Å². The molecule has 3 atom stereocenters. The van der Waals surface area contributed by atoms with E-state index in [1.54, 1.807) is 4.90 Å². The van der Waals surface area contributed by atoms with Crippen molar-refractivity contribution in [1.82, 2.24) is 10.2 Å². The van der Waals surface area contributed by atoms with Gasteiger partial charge in [0.1, 0.15) is 0 Å². The van der Waals surface area contributed by atoms with E-state index in [2.05, 4.69) is 5.32 Å². The molecule has 3 unspecified atom stereocenters. The van der Waals surface area contributed by atoms with Crippen molar-refractivity contribution >= 4 is 17.7 Å². The van der Waals surface area contributed by atoms with Gasteiger partial charge in [0.15, 0.2) is 0 Å². The average Bonchev–Trinajstić information content (AvgIpc) is 2.97. The van der Waals surface area contributed by atoms with E-state index in [1.165, 1.54) is 0 Å². The topological polar surface area (TPSA) is 92.5 Å². The van der Waals surface area contributed by atoms with E-state index >= 15 is 0 Å². The second-order valence-electron chi connectivity index (χ2n) is 7.07. The molecular formula is C19H25N3O3. The van der Waals surface area contributed by atoms with Gasteiger partial charge in [0.25, 0.3) is 0 Å². The van der Waals surface area contributed by atoms with E-state index in [1.807, 2.05) is 30.3 Å². The van der Waals surface area contributed by atoms with Crippen LogP contribution < -0.4 is 11.1 Å². The SMILES string of the molecule is NC(=O)C1CCCCC1NC(=O)C1CC(=O)N(Cc2ccccc2)C1. The summed E-state index contributed by atoms with van der Waals surface area (Å²) in [6.07, 6.45) is 3.68. The van der Waals surface area contributed by atoms with Crippen molar-refractivity contribution in [3.8, 4) is 0 Å². The van der Waals surface area contributed by atoms with Crippen LogP contribution in [0.4, 0.5) is 0 Å². The number of benzene rings is 1. The van der Waals surface area contributed by atoms with Crippen molar-refractivity contribution in [1.29, 1.82) is 0 Å². The number of rotatable bonds is 5. The Labute approximate surface area is 147 Å². The maximum atomic E-state index is 12.6. The largest absolute Gasteiger partial charge is 0.369 e. The minimum atomic E-state index is -0.355. The average molecular weight is 343 g/mol. The number of hydrogen-bond acceptors (Lipinski definition) is 3. The van der Waals surface area contributed by atoms with Crippen molar-refractivity contribution in [2.75, 3.05) is 6.54 Å². The summed E-state index contributed by atoms with van der Waals surface area (Å²) in [5.41, 5.74) is 6.52. The van der Waals surface area contributed by atoms with Crippen molar-refractivity contribution < 1.29 is 14.4 Å². The van der Waals surface area contributed by atoms with Gasteiger partial charge in [-0.2, -0.15) is 0 Å². The van der Waals surface area contributed by atoms with Gasteiger partial charge in [-0.15, -0.1) is 0 Å². The first kappa shape index (κ1) is 17.5. The Hall–Kier alpha value is -2.37. The van der Waals surface area contributed by atoms with Gasteiger partial charge in [-0.05, 0) is 18.4 Å². The minimum Gasteiger partial charge on any atom is -0.369 e. The Bertz CT molecular complexity index is 647. The van der Waals surface area contributed by atoms with Crippen LogP contribution >= 0.6 is 0 Å². The summed E-state index contributed by atoms with van der Waals surface area (Å²) in [7, 11) is 0. The van der Waals surface area contributed by atoms with Gasteiger partial charge in [0, 0.05) is 25.6 Å². The Morgan fingerprint density at radius 2 is 1.88 bits per heavy atom. The fraction of sp³-hybridized carbons (Fsp3) is 0.526. The van der Waals surface area contributed by atoms with Gasteiger partial charge < -0.3 is 16.0 Å². The molecule has 3 rings (SSSR count). The maximum absolute atomic E-state index is 12.6. The van der Waals surface area contributed by atoms with Gasteiger partial charge in [0.05, 0.1) is 11.8 Å². The zero-order chi connectivity index (χ0) is 17.8. The first-order valence-corrected chi connectivity index (χ1v) is 8.96. The highest BCUT2D eigenvalue weighted by molar-refractivity contribution is 5.89. The third-order valence-electron chi connectivity index (χ3n) is 5.26. The normalized spacial score (nSPS) is 26.5. The zero-order valence-corrected chi connectivity index (χ0v) is 14.3. The zero-order valence-electron chi connectivity index (χ0n) is 14.3. The Kier molecular flexibility index (Phi) is 5.36. The summed E-state index contributed by atoms with van der Waals surface area (Å²) in [5, 5.41) is 2.98. The van der Waals surface area contributed by atoms with Gasteiger partial charge in [0.2, 0.25) is 17.7 Å². The summed E-state index contributed by atoms with van der Waals surface area (Å²) in [6, 6.07) is 9.56. The summed E-state index contributed by atoms with van der Waals surface area (Å²) < 4.78 is 0. The van der Waals surface area contributed by atoms with E-state index in [9.17, 15) is 14.4 Å². The molecule has 1 aromatic rings. The lowest BCUT2D eigenvalue weighted by molar-refractivity contribution is -0.130.